The lowest BCUT2D eigenvalue weighted by Crippen LogP contribution is -2.47. The van der Waals surface area contributed by atoms with Gasteiger partial charge in [0.15, 0.2) is 5.60 Å². The number of carbonyl (C=O) groups is 3. The number of alkyl carbamates (subject to hydrolysis) is 1. The molecule has 3 rings (SSSR count). The van der Waals surface area contributed by atoms with Gasteiger partial charge in [0.05, 0.1) is 6.54 Å². The monoisotopic (exact) mass is 454 g/mol. The van der Waals surface area contributed by atoms with Crippen LogP contribution in [0.5, 0.6) is 0 Å². The van der Waals surface area contributed by atoms with Crippen LogP contribution >= 0.6 is 0 Å². The summed E-state index contributed by atoms with van der Waals surface area (Å²) in [5, 5.41) is 23.7. The Morgan fingerprint density at radius 3 is 2.18 bits per heavy atom. The van der Waals surface area contributed by atoms with E-state index in [4.69, 9.17) is 9.84 Å². The second-order valence-corrected chi connectivity index (χ2v) is 8.59. The van der Waals surface area contributed by atoms with Gasteiger partial charge in [-0.1, -0.05) is 55.5 Å². The highest BCUT2D eigenvalue weighted by molar-refractivity contribution is 5.81. The fourth-order valence-electron chi connectivity index (χ4n) is 3.89. The topological polar surface area (TPSA) is 125 Å². The molecule has 2 atom stereocenters. The van der Waals surface area contributed by atoms with Gasteiger partial charge in [-0.05, 0) is 42.0 Å². The molecular formula is C25H30N2O6. The second kappa shape index (κ2) is 10.5. The maximum absolute atomic E-state index is 12.2. The van der Waals surface area contributed by atoms with Crippen molar-refractivity contribution in [3.8, 4) is 11.1 Å². The fraction of sp³-hybridized carbons (Fsp3) is 0.400. The van der Waals surface area contributed by atoms with Crippen LogP contribution in [0, 0.1) is 5.92 Å². The molecule has 1 aliphatic rings. The van der Waals surface area contributed by atoms with Gasteiger partial charge in [0, 0.05) is 18.4 Å². The van der Waals surface area contributed by atoms with E-state index < -0.39 is 17.7 Å². The number of fused-ring (bicyclic) bond motifs is 3. The zero-order chi connectivity index (χ0) is 24.0. The largest absolute Gasteiger partial charge is 0.479 e. The number of nitrogens with one attached hydrogen (secondary N) is 2. The average molecular weight is 455 g/mol. The van der Waals surface area contributed by atoms with E-state index in [0.29, 0.717) is 19.4 Å². The summed E-state index contributed by atoms with van der Waals surface area (Å²) in [7, 11) is 0. The Kier molecular flexibility index (Phi) is 7.71. The highest BCUT2D eigenvalue weighted by Crippen LogP contribution is 2.44. The molecule has 0 heterocycles. The van der Waals surface area contributed by atoms with Crippen molar-refractivity contribution in [2.75, 3.05) is 19.7 Å². The highest BCUT2D eigenvalue weighted by atomic mass is 16.5. The minimum atomic E-state index is -2.01. The van der Waals surface area contributed by atoms with E-state index in [-0.39, 0.29) is 30.9 Å². The molecule has 1 aliphatic carbocycles. The van der Waals surface area contributed by atoms with Crippen molar-refractivity contribution >= 4 is 18.0 Å². The number of hydrogen-bond donors (Lipinski definition) is 4. The summed E-state index contributed by atoms with van der Waals surface area (Å²) in [5.74, 6) is -2.14. The summed E-state index contributed by atoms with van der Waals surface area (Å²) in [6.07, 6.45) is 0.533. The third-order valence-electron chi connectivity index (χ3n) is 5.94. The summed E-state index contributed by atoms with van der Waals surface area (Å²) >= 11 is 0. The number of hydrogen-bond acceptors (Lipinski definition) is 5. The van der Waals surface area contributed by atoms with Gasteiger partial charge in [-0.25, -0.2) is 9.59 Å². The minimum absolute atomic E-state index is 0.00474. The van der Waals surface area contributed by atoms with Crippen molar-refractivity contribution in [3.63, 3.8) is 0 Å². The number of carbonyl (C=O) groups excluding carboxylic acids is 2. The number of benzene rings is 2. The van der Waals surface area contributed by atoms with Gasteiger partial charge in [-0.2, -0.15) is 0 Å². The van der Waals surface area contributed by atoms with Crippen molar-refractivity contribution in [1.82, 2.24) is 10.6 Å². The van der Waals surface area contributed by atoms with Gasteiger partial charge in [0.2, 0.25) is 5.91 Å². The van der Waals surface area contributed by atoms with Crippen molar-refractivity contribution in [2.24, 2.45) is 5.92 Å². The maximum Gasteiger partial charge on any atom is 0.407 e. The molecule has 2 amide bonds. The quantitative estimate of drug-likeness (QED) is 0.409. The molecule has 0 aromatic heterocycles. The Balaban J connectivity index is 1.39. The summed E-state index contributed by atoms with van der Waals surface area (Å²) in [5.41, 5.74) is 2.61. The van der Waals surface area contributed by atoms with Crippen LogP contribution in [0.4, 0.5) is 4.79 Å². The summed E-state index contributed by atoms with van der Waals surface area (Å²) < 4.78 is 5.48. The molecule has 0 spiro atoms. The molecule has 176 valence electrons. The Hall–Kier alpha value is -3.39. The van der Waals surface area contributed by atoms with E-state index in [2.05, 4.69) is 34.9 Å². The second-order valence-electron chi connectivity index (χ2n) is 8.59. The van der Waals surface area contributed by atoms with Crippen LogP contribution in [-0.2, 0) is 14.3 Å². The molecule has 0 saturated carbocycles. The lowest BCUT2D eigenvalue weighted by atomic mass is 9.98. The third-order valence-corrected chi connectivity index (χ3v) is 5.94. The molecule has 8 heteroatoms. The van der Waals surface area contributed by atoms with Crippen molar-refractivity contribution in [2.45, 2.75) is 38.2 Å². The van der Waals surface area contributed by atoms with Gasteiger partial charge in [-0.15, -0.1) is 0 Å². The first-order valence-corrected chi connectivity index (χ1v) is 11.0. The first kappa shape index (κ1) is 24.3. The van der Waals surface area contributed by atoms with E-state index in [1.807, 2.05) is 24.3 Å². The lowest BCUT2D eigenvalue weighted by Gasteiger charge is -2.20. The Labute approximate surface area is 193 Å². The number of aliphatic carboxylic acids is 1. The molecule has 33 heavy (non-hydrogen) atoms. The van der Waals surface area contributed by atoms with Crippen LogP contribution in [-0.4, -0.2) is 53.5 Å². The van der Waals surface area contributed by atoms with Crippen LogP contribution in [0.3, 0.4) is 0 Å². The predicted octanol–water partition coefficient (Wildman–Crippen LogP) is 2.89. The van der Waals surface area contributed by atoms with E-state index in [9.17, 15) is 19.5 Å². The average Bonchev–Trinajstić information content (AvgIpc) is 3.12. The third kappa shape index (κ3) is 5.90. The summed E-state index contributed by atoms with van der Waals surface area (Å²) in [4.78, 5) is 35.1. The van der Waals surface area contributed by atoms with Gasteiger partial charge in [-0.3, -0.25) is 4.79 Å². The van der Waals surface area contributed by atoms with E-state index in [0.717, 1.165) is 18.1 Å². The first-order chi connectivity index (χ1) is 15.7. The SMILES string of the molecule is CC(CCCNC(=O)OCC1c2ccccc2-c2ccccc21)C(=O)NCC(C)(O)C(=O)O. The normalized spacial score (nSPS) is 15.0. The van der Waals surface area contributed by atoms with Gasteiger partial charge >= 0.3 is 12.1 Å². The molecule has 2 aromatic carbocycles. The van der Waals surface area contributed by atoms with Gasteiger partial charge < -0.3 is 25.6 Å². The Morgan fingerprint density at radius 2 is 1.61 bits per heavy atom. The van der Waals surface area contributed by atoms with Crippen LogP contribution < -0.4 is 10.6 Å². The molecule has 4 N–H and O–H groups in total. The van der Waals surface area contributed by atoms with E-state index in [1.165, 1.54) is 11.1 Å². The maximum atomic E-state index is 12.2. The summed E-state index contributed by atoms with van der Waals surface area (Å²) in [6.45, 7) is 3.05. The van der Waals surface area contributed by atoms with Gasteiger partial charge in [0.25, 0.3) is 0 Å². The number of aliphatic hydroxyl groups is 1. The molecule has 2 aromatic rings. The fourth-order valence-corrected chi connectivity index (χ4v) is 3.89. The molecule has 0 aliphatic heterocycles. The number of rotatable bonds is 10. The first-order valence-electron chi connectivity index (χ1n) is 11.0. The molecular weight excluding hydrogens is 424 g/mol. The molecule has 0 fully saturated rings. The lowest BCUT2D eigenvalue weighted by molar-refractivity contribution is -0.156. The molecule has 0 bridgehead atoms. The van der Waals surface area contributed by atoms with E-state index >= 15 is 0 Å². The van der Waals surface area contributed by atoms with Gasteiger partial charge in [0.1, 0.15) is 6.61 Å². The Morgan fingerprint density at radius 1 is 1.03 bits per heavy atom. The van der Waals surface area contributed by atoms with Crippen LogP contribution in [0.2, 0.25) is 0 Å². The van der Waals surface area contributed by atoms with Crippen LogP contribution in [0.1, 0.15) is 43.7 Å². The number of carboxylic acids is 1. The molecule has 8 nitrogen and oxygen atoms in total. The summed E-state index contributed by atoms with van der Waals surface area (Å²) in [6, 6.07) is 16.2. The molecule has 0 saturated heterocycles. The highest BCUT2D eigenvalue weighted by Gasteiger charge is 2.31. The smallest absolute Gasteiger partial charge is 0.407 e. The number of ether oxygens (including phenoxy) is 1. The van der Waals surface area contributed by atoms with Crippen molar-refractivity contribution < 1.29 is 29.3 Å². The standard InChI is InChI=1S/C25H30N2O6/c1-16(22(28)27-15-25(2,32)23(29)30)8-7-13-26-24(31)33-14-21-19-11-5-3-9-17(19)18-10-4-6-12-20(18)21/h3-6,9-12,16,21,32H,7-8,13-15H2,1-2H3,(H,26,31)(H,27,28)(H,29,30). The Bertz CT molecular complexity index is 974. The number of amides is 2. The number of carboxylic acid groups (broad SMARTS) is 1. The van der Waals surface area contributed by atoms with Crippen molar-refractivity contribution in [3.05, 3.63) is 59.7 Å². The minimum Gasteiger partial charge on any atom is -0.479 e. The molecule has 2 unspecified atom stereocenters. The van der Waals surface area contributed by atoms with Crippen molar-refractivity contribution in [1.29, 1.82) is 0 Å². The zero-order valence-electron chi connectivity index (χ0n) is 18.8. The predicted molar refractivity (Wildman–Crippen MR) is 123 cm³/mol. The molecule has 0 radical (unpaired) electrons. The van der Waals surface area contributed by atoms with E-state index in [1.54, 1.807) is 6.92 Å². The van der Waals surface area contributed by atoms with Crippen LogP contribution in [0.15, 0.2) is 48.5 Å². The zero-order valence-corrected chi connectivity index (χ0v) is 18.8. The van der Waals surface area contributed by atoms with Crippen LogP contribution in [0.25, 0.3) is 11.1 Å².